The summed E-state index contributed by atoms with van der Waals surface area (Å²) in [5.41, 5.74) is -0.451. The van der Waals surface area contributed by atoms with Gasteiger partial charge in [-0.25, -0.2) is 13.1 Å². The molecule has 0 aliphatic heterocycles. The topological polar surface area (TPSA) is 101 Å². The molecule has 1 unspecified atom stereocenters. The van der Waals surface area contributed by atoms with E-state index in [1.165, 1.54) is 12.1 Å². The Hall–Kier alpha value is -0.740. The number of nitrogens with one attached hydrogen (secondary N) is 2. The molecule has 0 aliphatic carbocycles. The Kier molecular flexibility index (Phi) is 7.60. The summed E-state index contributed by atoms with van der Waals surface area (Å²) in [5.74, 6) is 0. The van der Waals surface area contributed by atoms with E-state index in [1.54, 1.807) is 14.0 Å². The Morgan fingerprint density at radius 2 is 2.05 bits per heavy atom. The zero-order valence-corrected chi connectivity index (χ0v) is 14.0. The highest BCUT2D eigenvalue weighted by Crippen LogP contribution is 2.26. The summed E-state index contributed by atoms with van der Waals surface area (Å²) in [7, 11) is -2.23. The number of sulfonamides is 1. The van der Waals surface area contributed by atoms with Gasteiger partial charge in [0.25, 0.3) is 5.69 Å². The largest absolute Gasteiger partial charge is 0.316 e. The van der Waals surface area contributed by atoms with Crippen LogP contribution in [0.25, 0.3) is 0 Å². The summed E-state index contributed by atoms with van der Waals surface area (Å²) in [4.78, 5) is 9.79. The predicted octanol–water partition coefficient (Wildman–Crippen LogP) is 1.67. The summed E-state index contributed by atoms with van der Waals surface area (Å²) in [6.45, 7) is 1.93. The number of hydrogen-bond donors (Lipinski definition) is 2. The Labute approximate surface area is 131 Å². The lowest BCUT2D eigenvalue weighted by atomic mass is 10.3. The van der Waals surface area contributed by atoms with Crippen molar-refractivity contribution in [3.05, 3.63) is 32.8 Å². The second-order valence-electron chi connectivity index (χ2n) is 3.91. The van der Waals surface area contributed by atoms with Crippen LogP contribution >= 0.6 is 28.3 Å². The summed E-state index contributed by atoms with van der Waals surface area (Å²) >= 11 is 3.10. The quantitative estimate of drug-likeness (QED) is 0.570. The number of benzene rings is 1. The van der Waals surface area contributed by atoms with Crippen molar-refractivity contribution in [1.29, 1.82) is 0 Å². The zero-order chi connectivity index (χ0) is 14.6. The number of halogens is 2. The van der Waals surface area contributed by atoms with Gasteiger partial charge in [-0.1, -0.05) is 15.9 Å². The fourth-order valence-corrected chi connectivity index (χ4v) is 3.11. The van der Waals surface area contributed by atoms with Gasteiger partial charge in [-0.15, -0.1) is 12.4 Å². The molecule has 0 saturated carbocycles. The van der Waals surface area contributed by atoms with Crippen molar-refractivity contribution in [2.24, 2.45) is 0 Å². The van der Waals surface area contributed by atoms with Crippen LogP contribution < -0.4 is 10.0 Å². The lowest BCUT2D eigenvalue weighted by Gasteiger charge is -2.12. The van der Waals surface area contributed by atoms with E-state index in [0.29, 0.717) is 4.47 Å². The van der Waals surface area contributed by atoms with Crippen LogP contribution in [0, 0.1) is 10.1 Å². The van der Waals surface area contributed by atoms with Gasteiger partial charge in [-0.3, -0.25) is 10.1 Å². The van der Waals surface area contributed by atoms with Gasteiger partial charge >= 0.3 is 0 Å². The van der Waals surface area contributed by atoms with Crippen LogP contribution in [0.3, 0.4) is 0 Å². The first-order chi connectivity index (χ1) is 8.77. The van der Waals surface area contributed by atoms with E-state index >= 15 is 0 Å². The smallest absolute Gasteiger partial charge is 0.289 e. The first-order valence-corrected chi connectivity index (χ1v) is 7.66. The third kappa shape index (κ3) is 4.98. The lowest BCUT2D eigenvalue weighted by molar-refractivity contribution is -0.387. The first-order valence-electron chi connectivity index (χ1n) is 5.39. The van der Waals surface area contributed by atoms with Crippen LogP contribution in [0.1, 0.15) is 6.92 Å². The lowest BCUT2D eigenvalue weighted by Crippen LogP contribution is -2.37. The number of likely N-dealkylation sites (N-methyl/N-ethyl adjacent to an activating group) is 1. The van der Waals surface area contributed by atoms with Gasteiger partial charge in [0.2, 0.25) is 10.0 Å². The summed E-state index contributed by atoms with van der Waals surface area (Å²) in [6, 6.07) is 3.71. The standard InChI is InChI=1S/C10H14BrN3O4S.ClH/c1-7(12-2)6-13-19(17,18)10-5-8(11)3-4-9(10)14(15)16;/h3-5,7,12-13H,6H2,1-2H3;1H. The molecule has 2 N–H and O–H groups in total. The van der Waals surface area contributed by atoms with Crippen LogP contribution in [0.15, 0.2) is 27.6 Å². The molecule has 0 spiro atoms. The Morgan fingerprint density at radius 1 is 1.45 bits per heavy atom. The number of nitro benzene ring substituents is 1. The average Bonchev–Trinajstić information content (AvgIpc) is 2.35. The van der Waals surface area contributed by atoms with Crippen molar-refractivity contribution in [1.82, 2.24) is 10.0 Å². The van der Waals surface area contributed by atoms with Crippen molar-refractivity contribution in [3.63, 3.8) is 0 Å². The van der Waals surface area contributed by atoms with Crippen LogP contribution in [0.2, 0.25) is 0 Å². The fourth-order valence-electron chi connectivity index (χ4n) is 1.27. The van der Waals surface area contributed by atoms with E-state index < -0.39 is 20.6 Å². The SMILES string of the molecule is CNC(C)CNS(=O)(=O)c1cc(Br)ccc1[N+](=O)[O-].Cl. The summed E-state index contributed by atoms with van der Waals surface area (Å²) in [6.07, 6.45) is 0. The van der Waals surface area contributed by atoms with Crippen LogP contribution in [-0.2, 0) is 10.0 Å². The van der Waals surface area contributed by atoms with E-state index in [4.69, 9.17) is 0 Å². The van der Waals surface area contributed by atoms with Gasteiger partial charge in [-0.05, 0) is 26.1 Å². The maximum absolute atomic E-state index is 12.1. The highest BCUT2D eigenvalue weighted by molar-refractivity contribution is 9.10. The summed E-state index contributed by atoms with van der Waals surface area (Å²) < 4.78 is 26.9. The van der Waals surface area contributed by atoms with E-state index in [2.05, 4.69) is 26.0 Å². The van der Waals surface area contributed by atoms with Gasteiger partial charge < -0.3 is 5.32 Å². The molecule has 7 nitrogen and oxygen atoms in total. The van der Waals surface area contributed by atoms with Gasteiger partial charge in [-0.2, -0.15) is 0 Å². The van der Waals surface area contributed by atoms with Crippen molar-refractivity contribution < 1.29 is 13.3 Å². The summed E-state index contributed by atoms with van der Waals surface area (Å²) in [5, 5.41) is 13.7. The van der Waals surface area contributed by atoms with Crippen LogP contribution in [-0.4, -0.2) is 33.0 Å². The molecule has 1 rings (SSSR count). The Balaban J connectivity index is 0.00000361. The molecule has 1 atom stereocenters. The normalized spacial score (nSPS) is 12.6. The molecule has 1 aromatic rings. The van der Waals surface area contributed by atoms with Gasteiger partial charge in [0.15, 0.2) is 4.90 Å². The minimum Gasteiger partial charge on any atom is -0.316 e. The molecule has 1 aromatic carbocycles. The predicted molar refractivity (Wildman–Crippen MR) is 81.8 cm³/mol. The van der Waals surface area contributed by atoms with E-state index in [1.807, 2.05) is 0 Å². The van der Waals surface area contributed by atoms with Crippen molar-refractivity contribution in [3.8, 4) is 0 Å². The molecule has 0 radical (unpaired) electrons. The maximum atomic E-state index is 12.1. The molecule has 10 heteroatoms. The molecule has 0 heterocycles. The average molecular weight is 389 g/mol. The molecule has 20 heavy (non-hydrogen) atoms. The molecule has 0 aromatic heterocycles. The Bertz CT molecular complexity index is 582. The third-order valence-corrected chi connectivity index (χ3v) is 4.43. The molecule has 0 fully saturated rings. The highest BCUT2D eigenvalue weighted by Gasteiger charge is 2.26. The van der Waals surface area contributed by atoms with E-state index in [9.17, 15) is 18.5 Å². The number of hydrogen-bond acceptors (Lipinski definition) is 5. The zero-order valence-electron chi connectivity index (χ0n) is 10.8. The molecule has 0 saturated heterocycles. The molecule has 0 amide bonds. The first kappa shape index (κ1) is 19.3. The highest BCUT2D eigenvalue weighted by atomic mass is 79.9. The maximum Gasteiger partial charge on any atom is 0.289 e. The second-order valence-corrected chi connectivity index (χ2v) is 6.56. The minimum atomic E-state index is -3.93. The monoisotopic (exact) mass is 387 g/mol. The van der Waals surface area contributed by atoms with E-state index in [0.717, 1.165) is 6.07 Å². The Morgan fingerprint density at radius 3 is 2.55 bits per heavy atom. The van der Waals surface area contributed by atoms with Gasteiger partial charge in [0, 0.05) is 23.1 Å². The van der Waals surface area contributed by atoms with E-state index in [-0.39, 0.29) is 29.9 Å². The van der Waals surface area contributed by atoms with Gasteiger partial charge in [0.1, 0.15) is 0 Å². The van der Waals surface area contributed by atoms with Crippen molar-refractivity contribution in [2.75, 3.05) is 13.6 Å². The van der Waals surface area contributed by atoms with Crippen LogP contribution in [0.5, 0.6) is 0 Å². The third-order valence-electron chi connectivity index (χ3n) is 2.48. The molecule has 114 valence electrons. The molecule has 0 aliphatic rings. The fraction of sp³-hybridized carbons (Fsp3) is 0.400. The number of rotatable bonds is 6. The minimum absolute atomic E-state index is 0. The number of nitrogens with zero attached hydrogens (tertiary/aromatic N) is 1. The molecule has 0 bridgehead atoms. The second kappa shape index (κ2) is 7.89. The van der Waals surface area contributed by atoms with Gasteiger partial charge in [0.05, 0.1) is 4.92 Å². The van der Waals surface area contributed by atoms with Crippen molar-refractivity contribution in [2.45, 2.75) is 17.9 Å². The van der Waals surface area contributed by atoms with Crippen LogP contribution in [0.4, 0.5) is 5.69 Å². The number of nitro groups is 1. The van der Waals surface area contributed by atoms with Crippen molar-refractivity contribution >= 4 is 44.0 Å². The molecular formula is C10H15BrClN3O4S. The molecular weight excluding hydrogens is 374 g/mol.